The van der Waals surface area contributed by atoms with E-state index in [1.54, 1.807) is 13.1 Å². The van der Waals surface area contributed by atoms with Gasteiger partial charge in [-0.2, -0.15) is 0 Å². The van der Waals surface area contributed by atoms with Crippen LogP contribution in [0.4, 0.5) is 11.5 Å². The van der Waals surface area contributed by atoms with Crippen molar-refractivity contribution in [2.45, 2.75) is 346 Å². The van der Waals surface area contributed by atoms with Gasteiger partial charge < -0.3 is 36.7 Å². The lowest BCUT2D eigenvalue weighted by atomic mass is 9.80. The van der Waals surface area contributed by atoms with E-state index in [1.165, 1.54) is 258 Å². The first-order valence-electron chi connectivity index (χ1n) is 46.0. The highest BCUT2D eigenvalue weighted by Crippen LogP contribution is 2.52. The van der Waals surface area contributed by atoms with Crippen molar-refractivity contribution in [2.24, 2.45) is 4.99 Å². The molecule has 1 aromatic heterocycles. The van der Waals surface area contributed by atoms with Crippen molar-refractivity contribution in [1.29, 1.82) is 0 Å². The Morgan fingerprint density at radius 3 is 1.33 bits per heavy atom. The number of nitrogens with zero attached hydrogens (tertiary/aromatic N) is 6. The van der Waals surface area contributed by atoms with Gasteiger partial charge in [-0.05, 0) is 217 Å². The molecule has 16 nitrogen and oxygen atoms in total. The molecule has 0 N–H and O–H groups in total. The second-order valence-electron chi connectivity index (χ2n) is 34.7. The molecule has 0 atom stereocenters. The standard InChI is InChI=1S/C48H58ClN3O10S3.3C16H36N/c1-7-8-11-25-62-37-16-14-15-35(29-37)34(17-21-43-47(3,4)41-30-36(49)32-51(46(41)50-43)23-9-12-26-63(53,54)55)18-22-44-48(5,6)45-40-31-38(65(59,60)61)28-33(2)39(40)19-20-42(45)52(44)24-10-13-27-64(56,57)58;3*1-5-9-13-17(14-10-6-2,15-11-7-3)16-12-8-4/h14-22,28-32H,7-13,23-27H2,1-6H3,(H2-,53,54,55,56,57,58,59,60,61);3*5-16H2,1-4H3/q;3*+1/p-2. The average Bonchev–Trinajstić information content (AvgIpc) is 1.54. The van der Waals surface area contributed by atoms with E-state index in [1.807, 2.05) is 99.0 Å². The third-order valence-corrected chi connectivity index (χ3v) is 26.6. The largest absolute Gasteiger partial charge is 0.748 e. The van der Waals surface area contributed by atoms with Crippen molar-refractivity contribution in [2.75, 3.05) is 108 Å². The van der Waals surface area contributed by atoms with Gasteiger partial charge in [-0.25, -0.2) is 29.8 Å². The molecule has 2 aliphatic rings. The van der Waals surface area contributed by atoms with Gasteiger partial charge in [0.2, 0.25) is 0 Å². The van der Waals surface area contributed by atoms with Crippen LogP contribution in [0.5, 0.6) is 5.75 Å². The van der Waals surface area contributed by atoms with Crippen molar-refractivity contribution in [1.82, 2.24) is 0 Å². The fourth-order valence-corrected chi connectivity index (χ4v) is 18.6. The third-order valence-electron chi connectivity index (χ3n) is 24.0. The lowest BCUT2D eigenvalue weighted by Crippen LogP contribution is -2.50. The number of ether oxygens (including phenoxy) is 1. The molecule has 0 saturated heterocycles. The second-order valence-corrected chi connectivity index (χ2v) is 39.6. The summed E-state index contributed by atoms with van der Waals surface area (Å²) < 4.78 is 118. The topological polar surface area (TPSA) is 200 Å². The number of rotatable bonds is 56. The first-order valence-corrected chi connectivity index (χ1v) is 51.0. The van der Waals surface area contributed by atoms with E-state index in [-0.39, 0.29) is 17.7 Å². The number of anilines is 1. The number of aliphatic imine (C=N–C) groups is 1. The quantitative estimate of drug-likeness (QED) is 0.0134. The van der Waals surface area contributed by atoms with Crippen LogP contribution in [0.25, 0.3) is 16.3 Å². The van der Waals surface area contributed by atoms with Crippen LogP contribution in [-0.2, 0) is 47.7 Å². The number of hydrogen-bond donors (Lipinski definition) is 0. The summed E-state index contributed by atoms with van der Waals surface area (Å²) in [4.78, 5) is 6.82. The zero-order valence-corrected chi connectivity index (χ0v) is 79.6. The van der Waals surface area contributed by atoms with Crippen LogP contribution < -0.4 is 14.2 Å². The van der Waals surface area contributed by atoms with E-state index in [0.29, 0.717) is 60.1 Å². The molecule has 0 radical (unpaired) electrons. The van der Waals surface area contributed by atoms with Crippen molar-refractivity contribution in [3.63, 3.8) is 0 Å². The number of quaternary nitrogens is 3. The van der Waals surface area contributed by atoms with Crippen LogP contribution in [0.2, 0.25) is 5.02 Å². The van der Waals surface area contributed by atoms with Crippen LogP contribution >= 0.6 is 11.6 Å². The van der Waals surface area contributed by atoms with Gasteiger partial charge in [0.1, 0.15) is 22.1 Å². The van der Waals surface area contributed by atoms with Crippen LogP contribution in [0.15, 0.2) is 101 Å². The number of hydrogen-bond acceptors (Lipinski definition) is 12. The first kappa shape index (κ1) is 106. The smallest absolute Gasteiger partial charge is 0.327 e. The number of pyridine rings is 1. The van der Waals surface area contributed by atoms with Gasteiger partial charge in [0.15, 0.2) is 5.71 Å². The van der Waals surface area contributed by atoms with Crippen molar-refractivity contribution < 1.29 is 61.7 Å². The minimum Gasteiger partial charge on any atom is -0.748 e. The Labute approximate surface area is 715 Å². The lowest BCUT2D eigenvalue weighted by Gasteiger charge is -2.39. The van der Waals surface area contributed by atoms with Crippen LogP contribution in [-0.4, -0.2) is 161 Å². The van der Waals surface area contributed by atoms with Gasteiger partial charge in [0.05, 0.1) is 133 Å². The number of halogens is 1. The summed E-state index contributed by atoms with van der Waals surface area (Å²) >= 11 is 6.62. The summed E-state index contributed by atoms with van der Waals surface area (Å²) in [7, 11) is -13.6. The van der Waals surface area contributed by atoms with Crippen molar-refractivity contribution in [3.8, 4) is 5.75 Å². The summed E-state index contributed by atoms with van der Waals surface area (Å²) in [6, 6.07) is 16.3. The van der Waals surface area contributed by atoms with E-state index in [2.05, 4.69) is 94.9 Å². The normalized spacial score (nSPS) is 14.6. The predicted molar refractivity (Wildman–Crippen MR) is 491 cm³/mol. The number of aromatic nitrogens is 1. The number of fused-ring (bicyclic) bond motifs is 4. The van der Waals surface area contributed by atoms with E-state index < -0.39 is 52.7 Å². The highest BCUT2D eigenvalue weighted by molar-refractivity contribution is 7.86. The van der Waals surface area contributed by atoms with Gasteiger partial charge in [0, 0.05) is 34.8 Å². The minimum absolute atomic E-state index is 0.138. The van der Waals surface area contributed by atoms with Gasteiger partial charge in [0.25, 0.3) is 0 Å². The fourth-order valence-electron chi connectivity index (χ4n) is 16.7. The Balaban J connectivity index is 0.000000548. The molecule has 0 unspecified atom stereocenters. The van der Waals surface area contributed by atoms with E-state index >= 15 is 0 Å². The molecule has 6 rings (SSSR count). The van der Waals surface area contributed by atoms with Crippen molar-refractivity contribution >= 4 is 75.5 Å². The van der Waals surface area contributed by atoms with E-state index in [9.17, 15) is 38.9 Å². The number of aryl methyl sites for hydroxylation is 2. The maximum Gasteiger partial charge on any atom is 0.327 e. The van der Waals surface area contributed by atoms with E-state index in [4.69, 9.17) is 21.3 Å². The average molecular weight is 1690 g/mol. The highest BCUT2D eigenvalue weighted by Gasteiger charge is 2.44. The molecule has 0 fully saturated rings. The zero-order chi connectivity index (χ0) is 86.5. The molecular weight excluding hydrogens is 1530 g/mol. The Hall–Kier alpha value is -4.54. The van der Waals surface area contributed by atoms with Gasteiger partial charge >= 0.3 is 5.82 Å². The molecule has 0 bridgehead atoms. The first-order chi connectivity index (χ1) is 55.1. The molecule has 0 amide bonds. The molecule has 0 aliphatic carbocycles. The third kappa shape index (κ3) is 36.3. The summed E-state index contributed by atoms with van der Waals surface area (Å²) in [6.07, 6.45) is 47.0. The summed E-state index contributed by atoms with van der Waals surface area (Å²) in [5.41, 5.74) is 4.94. The SMILES string of the molecule is CCCCCOc1cccc(C(C=CC2=Nc3c(cc(Cl)c[n+]3CCCCS(=O)(=O)[O-])C2(C)C)=CC=C2N(CCCCS(=O)(=O)[O-])c3ccc4c(C)cc(S(=O)(=O)[O-])cc4c3C2(C)C)c1.CCCC[N+](CCCC)(CCCC)CCCC.CCCC[N+](CCCC)(CCCC)CCCC.CCCC[N+](CCCC)(CCCC)CCCC. The maximum atomic E-state index is 12.4. The number of benzene rings is 3. The van der Waals surface area contributed by atoms with Crippen LogP contribution in [0.3, 0.4) is 0 Å². The van der Waals surface area contributed by atoms with E-state index in [0.717, 1.165) is 64.0 Å². The molecule has 3 heterocycles. The van der Waals surface area contributed by atoms with Crippen molar-refractivity contribution in [3.05, 3.63) is 118 Å². The molecule has 3 aromatic carbocycles. The fraction of sp³-hybridized carbons (Fsp3) is 0.708. The molecular formula is C96H164ClN6O10S3+. The zero-order valence-electron chi connectivity index (χ0n) is 76.4. The van der Waals surface area contributed by atoms with Gasteiger partial charge in [-0.3, -0.25) is 0 Å². The Morgan fingerprint density at radius 2 is 0.922 bits per heavy atom. The highest BCUT2D eigenvalue weighted by atomic mass is 35.5. The predicted octanol–water partition coefficient (Wildman–Crippen LogP) is 23.9. The molecule has 0 spiro atoms. The summed E-state index contributed by atoms with van der Waals surface area (Å²) in [6.45, 7) is 58.4. The number of allylic oxidation sites excluding steroid dienone is 6. The maximum absolute atomic E-state index is 12.4. The molecule has 116 heavy (non-hydrogen) atoms. The van der Waals surface area contributed by atoms with Crippen LogP contribution in [0, 0.1) is 6.92 Å². The monoisotopic (exact) mass is 1690 g/mol. The lowest BCUT2D eigenvalue weighted by molar-refractivity contribution is -0.929. The summed E-state index contributed by atoms with van der Waals surface area (Å²) in [5.74, 6) is 0.420. The minimum atomic E-state index is -4.79. The Bertz CT molecular complexity index is 3770. The Kier molecular flexibility index (Phi) is 49.9. The van der Waals surface area contributed by atoms with Gasteiger partial charge in [-0.15, -0.1) is 0 Å². The number of unbranched alkanes of at least 4 members (excludes halogenated alkanes) is 16. The molecule has 20 heteroatoms. The molecule has 0 saturated carbocycles. The second kappa shape index (κ2) is 54.8. The molecule has 662 valence electrons. The van der Waals surface area contributed by atoms with Crippen LogP contribution in [0.1, 0.15) is 339 Å². The molecule has 4 aromatic rings. The van der Waals surface area contributed by atoms with Gasteiger partial charge in [-0.1, -0.05) is 236 Å². The molecule has 2 aliphatic heterocycles. The Morgan fingerprint density at radius 1 is 0.500 bits per heavy atom. The summed E-state index contributed by atoms with van der Waals surface area (Å²) in [5, 5.41) is 1.89.